The first-order valence-corrected chi connectivity index (χ1v) is 16.6. The lowest BCUT2D eigenvalue weighted by Gasteiger charge is -2.24. The molecule has 4 rings (SSSR count). The van der Waals surface area contributed by atoms with Gasteiger partial charge in [-0.3, -0.25) is 34.8 Å². The van der Waals surface area contributed by atoms with E-state index in [4.69, 9.17) is 28.4 Å². The van der Waals surface area contributed by atoms with Crippen LogP contribution in [0.15, 0.2) is 84.9 Å². The Hall–Kier alpha value is -7.76. The third kappa shape index (κ3) is 11.4. The number of amides is 3. The van der Waals surface area contributed by atoms with Gasteiger partial charge >= 0.3 is 29.8 Å². The molecule has 0 aliphatic heterocycles. The van der Waals surface area contributed by atoms with E-state index in [9.17, 15) is 43.5 Å². The maximum absolute atomic E-state index is 13.5. The highest BCUT2D eigenvalue weighted by molar-refractivity contribution is 6.05. The predicted molar refractivity (Wildman–Crippen MR) is 196 cm³/mol. The number of carboxylic acids is 1. The minimum Gasteiger partial charge on any atom is -0.493 e. The quantitative estimate of drug-likeness (QED) is 0.0813. The van der Waals surface area contributed by atoms with Crippen LogP contribution in [0.25, 0.3) is 0 Å². The van der Waals surface area contributed by atoms with E-state index in [1.54, 1.807) is 18.2 Å². The molecular weight excluding hydrogens is 750 g/mol. The third-order valence-electron chi connectivity index (χ3n) is 7.54. The van der Waals surface area contributed by atoms with Crippen molar-refractivity contribution < 1.29 is 71.9 Å². The largest absolute Gasteiger partial charge is 0.493 e. The van der Waals surface area contributed by atoms with Crippen molar-refractivity contribution in [2.75, 3.05) is 19.5 Å². The standard InChI is InChI=1S/C39H35N3O15/c1-20-7-6-8-24(17-20)34(45)40-27-13-9-23(10-14-27)35(46)41-42-36(47)32(56-38(50)25-11-15-28(54-21(2)43)30(18-25)52-4)33(37(48)49)57-39(51)26-12-16-29(55-22(3)44)31(19-26)53-5/h6-19,32-33H,1-5H3,(H,40,45)(H,41,46)(H,42,47)(H,48,49)/t32-,33-/m1/s1. The molecule has 4 aromatic rings. The molecule has 0 saturated heterocycles. The number of esters is 4. The van der Waals surface area contributed by atoms with Crippen molar-refractivity contribution in [2.24, 2.45) is 0 Å². The molecule has 2 atom stereocenters. The summed E-state index contributed by atoms with van der Waals surface area (Å²) in [5.41, 5.74) is 5.00. The van der Waals surface area contributed by atoms with E-state index in [2.05, 4.69) is 10.7 Å². The minimum absolute atomic E-state index is 0.0234. The summed E-state index contributed by atoms with van der Waals surface area (Å²) in [6, 6.07) is 19.1. The van der Waals surface area contributed by atoms with Gasteiger partial charge in [-0.15, -0.1) is 0 Å². The topological polar surface area (TPSA) is 248 Å². The molecule has 18 nitrogen and oxygen atoms in total. The number of carboxylic acid groups (broad SMARTS) is 1. The second kappa shape index (κ2) is 19.0. The van der Waals surface area contributed by atoms with Crippen molar-refractivity contribution in [3.8, 4) is 23.0 Å². The van der Waals surface area contributed by atoms with Crippen molar-refractivity contribution in [1.29, 1.82) is 0 Å². The van der Waals surface area contributed by atoms with Crippen LogP contribution in [0.2, 0.25) is 0 Å². The Labute approximate surface area is 323 Å². The van der Waals surface area contributed by atoms with Crippen LogP contribution in [0.5, 0.6) is 23.0 Å². The summed E-state index contributed by atoms with van der Waals surface area (Å²) in [5, 5.41) is 12.8. The van der Waals surface area contributed by atoms with Gasteiger partial charge in [-0.2, -0.15) is 0 Å². The van der Waals surface area contributed by atoms with Crippen LogP contribution in [0.3, 0.4) is 0 Å². The molecule has 0 bridgehead atoms. The molecule has 0 unspecified atom stereocenters. The Morgan fingerprint density at radius 1 is 0.561 bits per heavy atom. The summed E-state index contributed by atoms with van der Waals surface area (Å²) < 4.78 is 30.7. The predicted octanol–water partition coefficient (Wildman–Crippen LogP) is 3.41. The van der Waals surface area contributed by atoms with Crippen molar-refractivity contribution in [1.82, 2.24) is 10.9 Å². The van der Waals surface area contributed by atoms with Crippen molar-refractivity contribution in [3.63, 3.8) is 0 Å². The summed E-state index contributed by atoms with van der Waals surface area (Å²) in [6.07, 6.45) is -4.99. The lowest BCUT2D eigenvalue weighted by Crippen LogP contribution is -2.54. The van der Waals surface area contributed by atoms with Crippen LogP contribution >= 0.6 is 0 Å². The van der Waals surface area contributed by atoms with Crippen molar-refractivity contribution in [3.05, 3.63) is 113 Å². The summed E-state index contributed by atoms with van der Waals surface area (Å²) in [4.78, 5) is 101. The monoisotopic (exact) mass is 785 g/mol. The van der Waals surface area contributed by atoms with E-state index in [0.717, 1.165) is 43.7 Å². The van der Waals surface area contributed by atoms with Gasteiger partial charge in [0.05, 0.1) is 25.3 Å². The van der Waals surface area contributed by atoms with Gasteiger partial charge in [0.1, 0.15) is 0 Å². The number of aliphatic carboxylic acids is 1. The molecular formula is C39H35N3O15. The molecule has 18 heteroatoms. The highest BCUT2D eigenvalue weighted by Gasteiger charge is 2.41. The summed E-state index contributed by atoms with van der Waals surface area (Å²) in [7, 11) is 2.41. The van der Waals surface area contributed by atoms with Gasteiger partial charge in [-0.05, 0) is 79.7 Å². The average Bonchev–Trinajstić information content (AvgIpc) is 3.17. The number of hydrogen-bond acceptors (Lipinski definition) is 14. The number of carbonyl (C=O) groups is 8. The summed E-state index contributed by atoms with van der Waals surface area (Å²) in [6.45, 7) is 4.09. The molecule has 0 heterocycles. The van der Waals surface area contributed by atoms with Crippen molar-refractivity contribution >= 4 is 53.3 Å². The fraction of sp³-hybridized carbons (Fsp3) is 0.179. The van der Waals surface area contributed by atoms with Gasteiger partial charge in [-0.25, -0.2) is 14.4 Å². The first-order valence-electron chi connectivity index (χ1n) is 16.6. The number of rotatable bonds is 14. The first kappa shape index (κ1) is 42.0. The number of carbonyl (C=O) groups excluding carboxylic acids is 7. The van der Waals surface area contributed by atoms with E-state index in [0.29, 0.717) is 11.3 Å². The van der Waals surface area contributed by atoms with E-state index in [1.807, 2.05) is 18.4 Å². The number of methoxy groups -OCH3 is 2. The third-order valence-corrected chi connectivity index (χ3v) is 7.54. The average molecular weight is 786 g/mol. The lowest BCUT2D eigenvalue weighted by atomic mass is 10.1. The molecule has 4 N–H and O–H groups in total. The van der Waals surface area contributed by atoms with Crippen LogP contribution in [-0.2, 0) is 28.7 Å². The zero-order chi connectivity index (χ0) is 41.8. The number of nitrogens with one attached hydrogen (secondary N) is 3. The molecule has 0 saturated carbocycles. The second-order valence-corrected chi connectivity index (χ2v) is 11.8. The molecule has 0 aliphatic rings. The van der Waals surface area contributed by atoms with Gasteiger partial charge in [0.25, 0.3) is 17.7 Å². The van der Waals surface area contributed by atoms with Gasteiger partial charge in [0.2, 0.25) is 12.2 Å². The molecule has 0 aromatic heterocycles. The fourth-order valence-electron chi connectivity index (χ4n) is 4.88. The number of hydrazine groups is 1. The molecule has 4 aromatic carbocycles. The van der Waals surface area contributed by atoms with Gasteiger partial charge in [0.15, 0.2) is 23.0 Å². The second-order valence-electron chi connectivity index (χ2n) is 11.8. The smallest absolute Gasteiger partial charge is 0.349 e. The molecule has 0 aliphatic carbocycles. The van der Waals surface area contributed by atoms with E-state index in [-0.39, 0.29) is 39.7 Å². The van der Waals surface area contributed by atoms with Gasteiger partial charge in [-0.1, -0.05) is 17.7 Å². The molecule has 296 valence electrons. The first-order chi connectivity index (χ1) is 27.1. The minimum atomic E-state index is -2.53. The van der Waals surface area contributed by atoms with Crippen LogP contribution in [0.1, 0.15) is 60.8 Å². The van der Waals surface area contributed by atoms with E-state index >= 15 is 0 Å². The van der Waals surface area contributed by atoms with Crippen LogP contribution in [0, 0.1) is 6.92 Å². The molecule has 0 spiro atoms. The zero-order valence-electron chi connectivity index (χ0n) is 30.9. The molecule has 57 heavy (non-hydrogen) atoms. The highest BCUT2D eigenvalue weighted by Crippen LogP contribution is 2.30. The molecule has 0 fully saturated rings. The molecule has 0 radical (unpaired) electrons. The zero-order valence-corrected chi connectivity index (χ0v) is 30.9. The Bertz CT molecular complexity index is 2220. The summed E-state index contributed by atoms with van der Waals surface area (Å²) in [5.74, 6) is -9.14. The molecule has 3 amide bonds. The van der Waals surface area contributed by atoms with Gasteiger partial charge < -0.3 is 38.8 Å². The number of aryl methyl sites for hydroxylation is 1. The highest BCUT2D eigenvalue weighted by atomic mass is 16.6. The van der Waals surface area contributed by atoms with Crippen molar-refractivity contribution in [2.45, 2.75) is 33.0 Å². The van der Waals surface area contributed by atoms with Crippen LogP contribution < -0.4 is 35.1 Å². The number of anilines is 1. The van der Waals surface area contributed by atoms with Gasteiger partial charge in [0, 0.05) is 30.7 Å². The maximum atomic E-state index is 13.5. The number of benzene rings is 4. The lowest BCUT2D eigenvalue weighted by molar-refractivity contribution is -0.159. The number of hydrogen-bond donors (Lipinski definition) is 4. The number of ether oxygens (including phenoxy) is 6. The Balaban J connectivity index is 1.57. The SMILES string of the molecule is COc1cc(C(=O)O[C@@H](C(=O)O)[C@@H](OC(=O)c2ccc(OC(C)=O)c(OC)c2)C(=O)NNC(=O)c2ccc(NC(=O)c3cccc(C)c3)cc2)ccc1OC(C)=O. The Morgan fingerprint density at radius 3 is 1.54 bits per heavy atom. The van der Waals surface area contributed by atoms with E-state index in [1.165, 1.54) is 50.6 Å². The maximum Gasteiger partial charge on any atom is 0.349 e. The fourth-order valence-corrected chi connectivity index (χ4v) is 4.88. The summed E-state index contributed by atoms with van der Waals surface area (Å²) >= 11 is 0. The normalized spacial score (nSPS) is 11.4. The van der Waals surface area contributed by atoms with Crippen LogP contribution in [-0.4, -0.2) is 79.1 Å². The Morgan fingerprint density at radius 2 is 1.07 bits per heavy atom. The van der Waals surface area contributed by atoms with Crippen LogP contribution in [0.4, 0.5) is 5.69 Å². The van der Waals surface area contributed by atoms with E-state index < -0.39 is 59.8 Å². The Kier molecular flexibility index (Phi) is 14.0.